The molecule has 0 atom stereocenters. The van der Waals surface area contributed by atoms with Gasteiger partial charge in [0.05, 0.1) is 0 Å². The van der Waals surface area contributed by atoms with Crippen molar-refractivity contribution in [3.05, 3.63) is 169 Å². The topological polar surface area (TPSA) is 0 Å². The van der Waals surface area contributed by atoms with Gasteiger partial charge in [0, 0.05) is 0 Å². The summed E-state index contributed by atoms with van der Waals surface area (Å²) in [7, 11) is 0. The summed E-state index contributed by atoms with van der Waals surface area (Å²) in [4.78, 5) is 0. The molecule has 5 rings (SSSR count). The first-order valence-electron chi connectivity index (χ1n) is 14.7. The van der Waals surface area contributed by atoms with Gasteiger partial charge in [0.25, 0.3) is 0 Å². The van der Waals surface area contributed by atoms with E-state index in [0.29, 0.717) is 0 Å². The Morgan fingerprint density at radius 2 is 0.683 bits per heavy atom. The third-order valence-corrected chi connectivity index (χ3v) is 6.42. The van der Waals surface area contributed by atoms with E-state index in [1.54, 1.807) is 0 Å². The molecule has 0 unspecified atom stereocenters. The fourth-order valence-electron chi connectivity index (χ4n) is 4.53. The zero-order valence-electron chi connectivity index (χ0n) is 25.1. The second kappa shape index (κ2) is 17.1. The minimum absolute atomic E-state index is 1.16. The van der Waals surface area contributed by atoms with Gasteiger partial charge in [-0.25, -0.2) is 0 Å². The molecule has 0 heteroatoms. The van der Waals surface area contributed by atoms with E-state index >= 15 is 0 Å². The normalized spacial score (nSPS) is 9.59. The van der Waals surface area contributed by atoms with Crippen molar-refractivity contribution >= 4 is 32.3 Å². The second-order valence-electron chi connectivity index (χ2n) is 9.09. The molecule has 5 aromatic carbocycles. The molecule has 0 fully saturated rings. The van der Waals surface area contributed by atoms with Gasteiger partial charge < -0.3 is 0 Å². The van der Waals surface area contributed by atoms with E-state index in [0.717, 1.165) is 5.56 Å². The van der Waals surface area contributed by atoms with Gasteiger partial charge in [-0.15, -0.1) is 0 Å². The van der Waals surface area contributed by atoms with Crippen LogP contribution in [0.2, 0.25) is 0 Å². The van der Waals surface area contributed by atoms with Crippen LogP contribution in [0.5, 0.6) is 0 Å². The van der Waals surface area contributed by atoms with Crippen molar-refractivity contribution in [3.8, 4) is 11.1 Å². The highest BCUT2D eigenvalue weighted by atomic mass is 14.0. The zero-order valence-corrected chi connectivity index (χ0v) is 25.1. The number of hydrogen-bond acceptors (Lipinski definition) is 0. The van der Waals surface area contributed by atoms with Gasteiger partial charge in [0.2, 0.25) is 0 Å². The van der Waals surface area contributed by atoms with Crippen molar-refractivity contribution in [1.82, 2.24) is 0 Å². The summed E-state index contributed by atoms with van der Waals surface area (Å²) in [6, 6.07) is 57.9. The lowest BCUT2D eigenvalue weighted by molar-refractivity contribution is 1.50. The van der Waals surface area contributed by atoms with Crippen molar-refractivity contribution < 1.29 is 0 Å². The molecule has 41 heavy (non-hydrogen) atoms. The van der Waals surface area contributed by atoms with Crippen LogP contribution in [-0.4, -0.2) is 0 Å². The summed E-state index contributed by atoms with van der Waals surface area (Å²) in [5, 5.41) is 7.37. The molecule has 0 nitrogen and oxygen atoms in total. The van der Waals surface area contributed by atoms with Gasteiger partial charge in [-0.1, -0.05) is 191 Å². The molecule has 0 aliphatic carbocycles. The van der Waals surface area contributed by atoms with Gasteiger partial charge in [-0.05, 0) is 56.4 Å². The minimum atomic E-state index is 1.16. The highest BCUT2D eigenvalue weighted by molar-refractivity contribution is 6.05. The molecule has 0 N–H and O–H groups in total. The third-order valence-electron chi connectivity index (χ3n) is 6.42. The summed E-state index contributed by atoms with van der Waals surface area (Å²) in [5.74, 6) is 0. The zero-order chi connectivity index (χ0) is 29.3. The maximum Gasteiger partial charge on any atom is -0.0105 e. The van der Waals surface area contributed by atoms with Crippen LogP contribution in [0.4, 0.5) is 0 Å². The number of fused-ring (bicyclic) bond motifs is 4. The van der Waals surface area contributed by atoms with Gasteiger partial charge >= 0.3 is 0 Å². The Hall–Kier alpha value is -4.68. The Bertz CT molecular complexity index is 1740. The van der Waals surface area contributed by atoms with E-state index in [1.165, 1.54) is 43.4 Å². The first kappa shape index (κ1) is 30.9. The summed E-state index contributed by atoms with van der Waals surface area (Å²) in [5.41, 5.74) is 3.64. The van der Waals surface area contributed by atoms with Gasteiger partial charge in [0.15, 0.2) is 0 Å². The fraction of sp³-hybridized carbons (Fsp3) is 0.122. The van der Waals surface area contributed by atoms with E-state index in [4.69, 9.17) is 0 Å². The number of hydrogen-bond donors (Lipinski definition) is 0. The second-order valence-corrected chi connectivity index (χ2v) is 9.09. The Morgan fingerprint density at radius 1 is 0.293 bits per heavy atom. The highest BCUT2D eigenvalue weighted by Crippen LogP contribution is 2.25. The summed E-state index contributed by atoms with van der Waals surface area (Å²) in [6.45, 7) is 10.1. The fourth-order valence-corrected chi connectivity index (χ4v) is 4.53. The first-order valence-corrected chi connectivity index (χ1v) is 14.7. The van der Waals surface area contributed by atoms with Crippen LogP contribution in [-0.2, 0) is 0 Å². The van der Waals surface area contributed by atoms with Crippen molar-refractivity contribution in [2.24, 2.45) is 0 Å². The summed E-state index contributed by atoms with van der Waals surface area (Å²) >= 11 is 0. The van der Waals surface area contributed by atoms with Crippen LogP contribution < -0.4 is 0 Å². The highest BCUT2D eigenvalue weighted by Gasteiger charge is 1.99. The molecule has 0 amide bonds. The predicted molar refractivity (Wildman–Crippen MR) is 185 cm³/mol. The molecule has 0 heterocycles. The Labute approximate surface area is 246 Å². The molecular weight excluding hydrogens is 492 g/mol. The van der Waals surface area contributed by atoms with E-state index in [1.807, 2.05) is 27.7 Å². The Morgan fingerprint density at radius 3 is 1.24 bits per heavy atom. The van der Waals surface area contributed by atoms with Crippen molar-refractivity contribution in [2.45, 2.75) is 34.6 Å². The van der Waals surface area contributed by atoms with Gasteiger partial charge in [-0.2, -0.15) is 0 Å². The SMILES string of the molecule is CC.CC.Cc1ccc2cc(-c3ccccccccc4ccccc4c4ccccc4ccccc3)ccc2c1. The van der Waals surface area contributed by atoms with Crippen molar-refractivity contribution in [3.63, 3.8) is 0 Å². The smallest absolute Gasteiger partial charge is 0.0105 e. The van der Waals surface area contributed by atoms with Crippen molar-refractivity contribution in [1.29, 1.82) is 0 Å². The van der Waals surface area contributed by atoms with E-state index in [2.05, 4.69) is 171 Å². The lowest BCUT2D eigenvalue weighted by atomic mass is 10.0. The molecule has 206 valence electrons. The summed E-state index contributed by atoms with van der Waals surface area (Å²) < 4.78 is 0. The molecule has 0 spiro atoms. The first-order chi connectivity index (χ1) is 20.3. The molecule has 0 aromatic heterocycles. The van der Waals surface area contributed by atoms with Gasteiger partial charge in [-0.3, -0.25) is 0 Å². The molecule has 0 aliphatic rings. The maximum atomic E-state index is 2.27. The summed E-state index contributed by atoms with van der Waals surface area (Å²) in [6.07, 6.45) is 0. The van der Waals surface area contributed by atoms with E-state index in [-0.39, 0.29) is 0 Å². The van der Waals surface area contributed by atoms with Crippen LogP contribution in [0.15, 0.2) is 164 Å². The van der Waals surface area contributed by atoms with Crippen LogP contribution in [0.1, 0.15) is 33.3 Å². The molecular formula is C41H42. The Balaban J connectivity index is 0.00000111. The standard InChI is InChI=1S/C37H30.2C2H6/c1-29-23-24-35-28-34(26-25-33(35)27-29)30-15-7-4-2-3-5-8-17-31-19-11-13-21-36(31)37-22-14-12-20-32(37)18-10-6-9-16-30;2*1-2/h2-28H,1H3;2*1-2H3. The van der Waals surface area contributed by atoms with Gasteiger partial charge in [0.1, 0.15) is 0 Å². The molecule has 0 radical (unpaired) electrons. The maximum absolute atomic E-state index is 2.27. The largest absolute Gasteiger partial charge is 0.0683 e. The monoisotopic (exact) mass is 534 g/mol. The lowest BCUT2D eigenvalue weighted by Crippen LogP contribution is -1.79. The van der Waals surface area contributed by atoms with Crippen LogP contribution in [0, 0.1) is 6.92 Å². The molecule has 0 saturated heterocycles. The average Bonchev–Trinajstić information content (AvgIpc) is 3.03. The molecule has 0 saturated carbocycles. The average molecular weight is 535 g/mol. The van der Waals surface area contributed by atoms with Crippen LogP contribution in [0.3, 0.4) is 0 Å². The van der Waals surface area contributed by atoms with E-state index < -0.39 is 0 Å². The quantitative estimate of drug-likeness (QED) is 0.201. The molecule has 0 aliphatic heterocycles. The van der Waals surface area contributed by atoms with Crippen LogP contribution in [0.25, 0.3) is 43.4 Å². The Kier molecular flexibility index (Phi) is 12.9. The van der Waals surface area contributed by atoms with Crippen LogP contribution >= 0.6 is 0 Å². The predicted octanol–water partition coefficient (Wildman–Crippen LogP) is 12.5. The molecule has 0 bridgehead atoms. The number of aryl methyl sites for hydroxylation is 1. The number of rotatable bonds is 1. The van der Waals surface area contributed by atoms with Crippen molar-refractivity contribution in [2.75, 3.05) is 0 Å². The molecule has 5 aromatic rings. The lowest BCUT2D eigenvalue weighted by Gasteiger charge is -2.04. The van der Waals surface area contributed by atoms with E-state index in [9.17, 15) is 0 Å². The minimum Gasteiger partial charge on any atom is -0.0683 e. The number of benzene rings is 4. The third kappa shape index (κ3) is 8.92.